The maximum atomic E-state index is 5.33. The van der Waals surface area contributed by atoms with Gasteiger partial charge in [0.05, 0.1) is 19.8 Å². The fraction of sp³-hybridized carbons (Fsp3) is 1.00. The average Bonchev–Trinajstić information content (AvgIpc) is 2.02. The molecule has 0 saturated heterocycles. The number of likely N-dealkylation sites (N-methyl/N-ethyl adjacent to an activating group) is 1. The molecule has 1 N–H and O–H groups in total. The van der Waals surface area contributed by atoms with Crippen LogP contribution in [0.1, 0.15) is 13.8 Å². The van der Waals surface area contributed by atoms with Crippen molar-refractivity contribution in [2.24, 2.45) is 5.92 Å². The molecule has 0 radical (unpaired) electrons. The van der Waals surface area contributed by atoms with E-state index in [0.717, 1.165) is 19.8 Å². The van der Waals surface area contributed by atoms with Crippen LogP contribution in [-0.4, -0.2) is 40.0 Å². The third-order valence-electron chi connectivity index (χ3n) is 1.32. The molecule has 3 heteroatoms. The minimum absolute atomic E-state index is 0.613. The normalized spacial score (nSPS) is 11.0. The molecule has 12 heavy (non-hydrogen) atoms. The first-order valence-electron chi connectivity index (χ1n) is 4.57. The van der Waals surface area contributed by atoms with Crippen LogP contribution in [0.2, 0.25) is 0 Å². The van der Waals surface area contributed by atoms with Crippen LogP contribution >= 0.6 is 0 Å². The Bertz CT molecular complexity index is 86.6. The Labute approximate surface area is 75.4 Å². The molecule has 0 unspecified atom stereocenters. The molecule has 0 aliphatic carbocycles. The van der Waals surface area contributed by atoms with E-state index < -0.39 is 0 Å². The number of ether oxygens (including phenoxy) is 2. The summed E-state index contributed by atoms with van der Waals surface area (Å²) < 4.78 is 10.6. The van der Waals surface area contributed by atoms with Crippen molar-refractivity contribution < 1.29 is 9.47 Å². The number of hydrogen-bond acceptors (Lipinski definition) is 3. The fourth-order valence-electron chi connectivity index (χ4n) is 0.713. The molecule has 0 aromatic carbocycles. The topological polar surface area (TPSA) is 30.5 Å². The van der Waals surface area contributed by atoms with Crippen molar-refractivity contribution >= 4 is 0 Å². The first-order valence-corrected chi connectivity index (χ1v) is 4.57. The lowest BCUT2D eigenvalue weighted by Gasteiger charge is -2.07. The zero-order chi connectivity index (χ0) is 9.23. The molecule has 0 spiro atoms. The average molecular weight is 175 g/mol. The summed E-state index contributed by atoms with van der Waals surface area (Å²) in [6.07, 6.45) is 0. The van der Waals surface area contributed by atoms with Crippen LogP contribution in [0.4, 0.5) is 0 Å². The molecular formula is C9H21NO2. The number of nitrogens with one attached hydrogen (secondary N) is 1. The van der Waals surface area contributed by atoms with E-state index >= 15 is 0 Å². The van der Waals surface area contributed by atoms with Crippen LogP contribution < -0.4 is 5.32 Å². The van der Waals surface area contributed by atoms with E-state index in [1.54, 1.807) is 0 Å². The fourth-order valence-corrected chi connectivity index (χ4v) is 0.713. The van der Waals surface area contributed by atoms with Crippen LogP contribution in [-0.2, 0) is 9.47 Å². The first-order chi connectivity index (χ1) is 5.77. The molecule has 0 aromatic rings. The maximum absolute atomic E-state index is 5.33. The number of rotatable bonds is 8. The lowest BCUT2D eigenvalue weighted by Crippen LogP contribution is -2.16. The molecule has 74 valence electrons. The number of hydrogen-bond donors (Lipinski definition) is 1. The molecule has 3 nitrogen and oxygen atoms in total. The summed E-state index contributed by atoms with van der Waals surface area (Å²) in [5, 5.41) is 3.01. The van der Waals surface area contributed by atoms with Crippen molar-refractivity contribution in [2.75, 3.05) is 40.0 Å². The van der Waals surface area contributed by atoms with Gasteiger partial charge in [-0.15, -0.1) is 0 Å². The van der Waals surface area contributed by atoms with E-state index in [-0.39, 0.29) is 0 Å². The lowest BCUT2D eigenvalue weighted by molar-refractivity contribution is 0.0391. The van der Waals surface area contributed by atoms with Gasteiger partial charge in [-0.2, -0.15) is 0 Å². The van der Waals surface area contributed by atoms with Gasteiger partial charge >= 0.3 is 0 Å². The quantitative estimate of drug-likeness (QED) is 0.556. The molecule has 0 heterocycles. The van der Waals surface area contributed by atoms with Crippen LogP contribution in [0, 0.1) is 5.92 Å². The van der Waals surface area contributed by atoms with E-state index in [2.05, 4.69) is 19.2 Å². The second-order valence-corrected chi connectivity index (χ2v) is 3.18. The molecule has 0 saturated carbocycles. The van der Waals surface area contributed by atoms with Gasteiger partial charge in [0.2, 0.25) is 0 Å². The van der Waals surface area contributed by atoms with E-state index in [1.807, 2.05) is 7.05 Å². The summed E-state index contributed by atoms with van der Waals surface area (Å²) in [7, 11) is 1.92. The van der Waals surface area contributed by atoms with Crippen molar-refractivity contribution in [3.05, 3.63) is 0 Å². The predicted molar refractivity (Wildman–Crippen MR) is 50.4 cm³/mol. The largest absolute Gasteiger partial charge is 0.379 e. The minimum atomic E-state index is 0.613. The summed E-state index contributed by atoms with van der Waals surface area (Å²) in [5.41, 5.74) is 0. The van der Waals surface area contributed by atoms with Crippen molar-refractivity contribution in [1.29, 1.82) is 0 Å². The van der Waals surface area contributed by atoms with Gasteiger partial charge in [0.25, 0.3) is 0 Å². The van der Waals surface area contributed by atoms with E-state index in [4.69, 9.17) is 9.47 Å². The predicted octanol–water partition coefficient (Wildman–Crippen LogP) is 0.895. The van der Waals surface area contributed by atoms with Crippen LogP contribution in [0.3, 0.4) is 0 Å². The molecule has 0 atom stereocenters. The zero-order valence-electron chi connectivity index (χ0n) is 8.43. The van der Waals surface area contributed by atoms with Gasteiger partial charge in [0, 0.05) is 13.2 Å². The Morgan fingerprint density at radius 2 is 1.75 bits per heavy atom. The zero-order valence-corrected chi connectivity index (χ0v) is 8.43. The van der Waals surface area contributed by atoms with Crippen LogP contribution in [0.25, 0.3) is 0 Å². The Kier molecular flexibility index (Phi) is 8.88. The van der Waals surface area contributed by atoms with Gasteiger partial charge < -0.3 is 14.8 Å². The summed E-state index contributed by atoms with van der Waals surface area (Å²) in [6.45, 7) is 8.20. The molecule has 0 aromatic heterocycles. The highest BCUT2D eigenvalue weighted by atomic mass is 16.5. The minimum Gasteiger partial charge on any atom is -0.379 e. The van der Waals surface area contributed by atoms with Gasteiger partial charge in [0.15, 0.2) is 0 Å². The van der Waals surface area contributed by atoms with Crippen molar-refractivity contribution in [3.8, 4) is 0 Å². The molecule has 0 bridgehead atoms. The summed E-state index contributed by atoms with van der Waals surface area (Å²) in [4.78, 5) is 0. The highest BCUT2D eigenvalue weighted by Crippen LogP contribution is 1.91. The smallest absolute Gasteiger partial charge is 0.0701 e. The Balaban J connectivity index is 2.82. The van der Waals surface area contributed by atoms with Crippen LogP contribution in [0.5, 0.6) is 0 Å². The van der Waals surface area contributed by atoms with Gasteiger partial charge in [-0.1, -0.05) is 13.8 Å². The SMILES string of the molecule is CNCCOCCOCC(C)C. The van der Waals surface area contributed by atoms with E-state index in [9.17, 15) is 0 Å². The Hall–Kier alpha value is -0.120. The third-order valence-corrected chi connectivity index (χ3v) is 1.32. The monoisotopic (exact) mass is 175 g/mol. The summed E-state index contributed by atoms with van der Waals surface area (Å²) in [6, 6.07) is 0. The molecule has 0 amide bonds. The molecular weight excluding hydrogens is 154 g/mol. The second kappa shape index (κ2) is 8.97. The van der Waals surface area contributed by atoms with Crippen molar-refractivity contribution in [2.45, 2.75) is 13.8 Å². The third kappa shape index (κ3) is 9.88. The molecule has 0 rings (SSSR count). The van der Waals surface area contributed by atoms with E-state index in [1.165, 1.54) is 0 Å². The summed E-state index contributed by atoms with van der Waals surface area (Å²) in [5.74, 6) is 0.613. The highest BCUT2D eigenvalue weighted by molar-refractivity contribution is 4.40. The van der Waals surface area contributed by atoms with Gasteiger partial charge in [0.1, 0.15) is 0 Å². The second-order valence-electron chi connectivity index (χ2n) is 3.18. The Morgan fingerprint density at radius 3 is 2.33 bits per heavy atom. The van der Waals surface area contributed by atoms with Crippen molar-refractivity contribution in [1.82, 2.24) is 5.32 Å². The molecule has 0 aliphatic rings. The van der Waals surface area contributed by atoms with Gasteiger partial charge in [-0.05, 0) is 13.0 Å². The highest BCUT2D eigenvalue weighted by Gasteiger charge is 1.93. The lowest BCUT2D eigenvalue weighted by atomic mass is 10.2. The maximum Gasteiger partial charge on any atom is 0.0701 e. The molecule has 0 aliphatic heterocycles. The summed E-state index contributed by atoms with van der Waals surface area (Å²) >= 11 is 0. The van der Waals surface area contributed by atoms with Gasteiger partial charge in [-0.25, -0.2) is 0 Å². The first kappa shape index (κ1) is 11.9. The Morgan fingerprint density at radius 1 is 1.08 bits per heavy atom. The van der Waals surface area contributed by atoms with Gasteiger partial charge in [-0.3, -0.25) is 0 Å². The van der Waals surface area contributed by atoms with E-state index in [0.29, 0.717) is 19.1 Å². The molecule has 0 fully saturated rings. The standard InChI is InChI=1S/C9H21NO2/c1-9(2)8-12-7-6-11-5-4-10-3/h9-10H,4-8H2,1-3H3. The van der Waals surface area contributed by atoms with Crippen LogP contribution in [0.15, 0.2) is 0 Å². The van der Waals surface area contributed by atoms with Crippen molar-refractivity contribution in [3.63, 3.8) is 0 Å².